The zero-order valence-electron chi connectivity index (χ0n) is 4.62. The summed E-state index contributed by atoms with van der Waals surface area (Å²) in [4.78, 5) is 25.2. The third kappa shape index (κ3) is 39.3. The van der Waals surface area contributed by atoms with Crippen molar-refractivity contribution in [1.29, 1.82) is 10.8 Å². The molecule has 0 atom stereocenters. The van der Waals surface area contributed by atoms with Crippen molar-refractivity contribution in [2.75, 3.05) is 0 Å². The summed E-state index contributed by atoms with van der Waals surface area (Å²) in [6, 6.07) is 0. The number of isocyanates is 2. The van der Waals surface area contributed by atoms with Crippen molar-refractivity contribution in [2.24, 2.45) is 0 Å². The van der Waals surface area contributed by atoms with E-state index in [2.05, 4.69) is 0 Å². The van der Waals surface area contributed by atoms with Gasteiger partial charge in [-0.05, 0) is 0 Å². The lowest BCUT2D eigenvalue weighted by Gasteiger charge is -1.60. The van der Waals surface area contributed by atoms with Gasteiger partial charge in [-0.25, -0.2) is 25.2 Å². The maximum absolute atomic E-state index is 8.56. The van der Waals surface area contributed by atoms with Gasteiger partial charge < -0.3 is 10.2 Å². The van der Waals surface area contributed by atoms with Gasteiger partial charge in [-0.1, -0.05) is 0 Å². The maximum atomic E-state index is 8.56. The molecule has 0 aliphatic heterocycles. The topological polar surface area (TPSA) is 139 Å². The summed E-state index contributed by atoms with van der Waals surface area (Å²) in [6.07, 6.45) is -0.333. The van der Waals surface area contributed by atoms with Crippen LogP contribution in [0.25, 0.3) is 0 Å². The molecule has 0 heterocycles. The van der Waals surface area contributed by atoms with Gasteiger partial charge in [0.2, 0.25) is 12.2 Å². The highest BCUT2D eigenvalue weighted by Gasteiger charge is 1.70. The first-order chi connectivity index (χ1) is 4.56. The molecule has 0 aromatic heterocycles. The van der Waals surface area contributed by atoms with Crippen LogP contribution in [0, 0.1) is 10.8 Å². The lowest BCUT2D eigenvalue weighted by Crippen LogP contribution is -1.81. The molecule has 0 saturated heterocycles. The zero-order valence-corrected chi connectivity index (χ0v) is 4.62. The van der Waals surface area contributed by atoms with Gasteiger partial charge in [0.15, 0.2) is 0 Å². The zero-order chi connectivity index (χ0) is 8.99. The van der Waals surface area contributed by atoms with Gasteiger partial charge in [-0.15, -0.1) is 0 Å². The normalized spacial score (nSPS) is 4.00. The number of carbonyl (C=O) groups excluding carboxylic acids is 2. The fourth-order valence-corrected chi connectivity index (χ4v) is 0. The average Bonchev–Trinajstić information content (AvgIpc) is 1.65. The molecule has 0 saturated carbocycles. The average molecular weight is 148 g/mol. The summed E-state index contributed by atoms with van der Waals surface area (Å²) >= 11 is 0. The molecule has 0 unspecified atom stereocenters. The molecule has 0 amide bonds. The fraction of sp³-hybridized carbons (Fsp3) is 0. The molecule has 10 heavy (non-hydrogen) atoms. The number of nitrogens with one attached hydrogen (secondary N) is 2. The maximum Gasteiger partial charge on any atom is 0.503 e. The van der Waals surface area contributed by atoms with E-state index in [1.807, 2.05) is 0 Å². The van der Waals surface area contributed by atoms with E-state index in [-0.39, 0.29) is 0 Å². The molecule has 0 rings (SSSR count). The molecule has 56 valence electrons. The van der Waals surface area contributed by atoms with Gasteiger partial charge in [0.25, 0.3) is 0 Å². The van der Waals surface area contributed by atoms with E-state index in [9.17, 15) is 0 Å². The van der Waals surface area contributed by atoms with Crippen LogP contribution in [0.15, 0.2) is 0 Å². The van der Waals surface area contributed by atoms with E-state index in [4.69, 9.17) is 35.4 Å². The first kappa shape index (κ1) is 15.7. The first-order valence-corrected chi connectivity index (χ1v) is 1.56. The molecule has 0 aromatic rings. The SMILES string of the molecule is N=C=O.N=C=O.O=C(O)O. The summed E-state index contributed by atoms with van der Waals surface area (Å²) in [5.41, 5.74) is 0. The van der Waals surface area contributed by atoms with Crippen molar-refractivity contribution in [3.63, 3.8) is 0 Å². The molecule has 0 fully saturated rings. The molecule has 7 nitrogen and oxygen atoms in total. The third-order valence-corrected chi connectivity index (χ3v) is 0. The molecular formula is C3H4N2O5. The van der Waals surface area contributed by atoms with Crippen LogP contribution in [0.3, 0.4) is 0 Å². The van der Waals surface area contributed by atoms with E-state index < -0.39 is 6.16 Å². The minimum atomic E-state index is -1.83. The van der Waals surface area contributed by atoms with E-state index in [1.54, 1.807) is 0 Å². The largest absolute Gasteiger partial charge is 0.503 e. The Morgan fingerprint density at radius 1 is 1.10 bits per heavy atom. The van der Waals surface area contributed by atoms with E-state index in [1.165, 1.54) is 0 Å². The van der Waals surface area contributed by atoms with E-state index >= 15 is 0 Å². The molecule has 0 spiro atoms. The number of rotatable bonds is 0. The Bertz CT molecular complexity index is 125. The Hall–Kier alpha value is -1.97. The van der Waals surface area contributed by atoms with Gasteiger partial charge in [-0.2, -0.15) is 0 Å². The van der Waals surface area contributed by atoms with Crippen LogP contribution in [0.2, 0.25) is 0 Å². The van der Waals surface area contributed by atoms with Crippen LogP contribution in [0.5, 0.6) is 0 Å². The molecule has 7 heteroatoms. The Morgan fingerprint density at radius 3 is 1.10 bits per heavy atom. The Morgan fingerprint density at radius 2 is 1.10 bits per heavy atom. The number of hydrogen-bond acceptors (Lipinski definition) is 5. The first-order valence-electron chi connectivity index (χ1n) is 1.56. The fourth-order valence-electron chi connectivity index (χ4n) is 0. The molecule has 0 aliphatic carbocycles. The molecule has 0 aromatic carbocycles. The number of hydrogen-bond donors (Lipinski definition) is 4. The second kappa shape index (κ2) is 27.8. The van der Waals surface area contributed by atoms with Gasteiger partial charge >= 0.3 is 6.16 Å². The highest BCUT2D eigenvalue weighted by molar-refractivity contribution is 5.53. The van der Waals surface area contributed by atoms with Crippen LogP contribution in [0.4, 0.5) is 4.79 Å². The molecule has 0 radical (unpaired) electrons. The summed E-state index contributed by atoms with van der Waals surface area (Å²) in [5, 5.41) is 24.8. The Balaban J connectivity index is -0.0000000750. The molecule has 0 aliphatic rings. The van der Waals surface area contributed by atoms with Crippen LogP contribution in [0.1, 0.15) is 0 Å². The Kier molecular flexibility index (Phi) is 43.7. The standard InChI is InChI=1S/2CHNO.CH2O3/c2*2-1-3;2-1(3)4/h2*2H;(H2,2,3,4). The van der Waals surface area contributed by atoms with Gasteiger partial charge in [0.05, 0.1) is 0 Å². The predicted molar refractivity (Wildman–Crippen MR) is 27.5 cm³/mol. The second-order valence-electron chi connectivity index (χ2n) is 0.487. The van der Waals surface area contributed by atoms with Crippen LogP contribution in [-0.4, -0.2) is 28.5 Å². The molecule has 0 bridgehead atoms. The summed E-state index contributed by atoms with van der Waals surface area (Å²) in [6.45, 7) is 0. The molecular weight excluding hydrogens is 144 g/mol. The van der Waals surface area contributed by atoms with Gasteiger partial charge in [0.1, 0.15) is 0 Å². The monoisotopic (exact) mass is 148 g/mol. The quantitative estimate of drug-likeness (QED) is 0.283. The summed E-state index contributed by atoms with van der Waals surface area (Å²) in [5.74, 6) is 0. The smallest absolute Gasteiger partial charge is 0.450 e. The second-order valence-corrected chi connectivity index (χ2v) is 0.487. The Labute approximate surface area is 54.9 Å². The van der Waals surface area contributed by atoms with Crippen molar-refractivity contribution in [2.45, 2.75) is 0 Å². The number of carboxylic acid groups (broad SMARTS) is 2. The lowest BCUT2D eigenvalue weighted by atomic mass is 11.5. The minimum absolute atomic E-state index is 0.750. The van der Waals surface area contributed by atoms with Crippen LogP contribution < -0.4 is 0 Å². The molecule has 4 N–H and O–H groups in total. The van der Waals surface area contributed by atoms with Crippen molar-refractivity contribution in [1.82, 2.24) is 0 Å². The van der Waals surface area contributed by atoms with Crippen molar-refractivity contribution >= 4 is 18.3 Å². The van der Waals surface area contributed by atoms with E-state index in [0.29, 0.717) is 0 Å². The summed E-state index contributed by atoms with van der Waals surface area (Å²) in [7, 11) is 0. The van der Waals surface area contributed by atoms with Crippen LogP contribution >= 0.6 is 0 Å². The van der Waals surface area contributed by atoms with E-state index in [0.717, 1.165) is 12.2 Å². The minimum Gasteiger partial charge on any atom is -0.450 e. The van der Waals surface area contributed by atoms with Crippen molar-refractivity contribution < 1.29 is 24.6 Å². The third-order valence-electron chi connectivity index (χ3n) is 0. The summed E-state index contributed by atoms with van der Waals surface area (Å²) < 4.78 is 0. The highest BCUT2D eigenvalue weighted by Crippen LogP contribution is 1.42. The van der Waals surface area contributed by atoms with Gasteiger partial charge in [0, 0.05) is 0 Å². The predicted octanol–water partition coefficient (Wildman–Crippen LogP) is 0.0243. The number of carbonyl (C=O) groups is 1. The highest BCUT2D eigenvalue weighted by atomic mass is 16.6. The van der Waals surface area contributed by atoms with Gasteiger partial charge in [-0.3, -0.25) is 0 Å². The van der Waals surface area contributed by atoms with Crippen LogP contribution in [-0.2, 0) is 9.59 Å². The lowest BCUT2D eigenvalue weighted by molar-refractivity contribution is 0.137. The van der Waals surface area contributed by atoms with Crippen molar-refractivity contribution in [3.8, 4) is 0 Å². The van der Waals surface area contributed by atoms with Crippen molar-refractivity contribution in [3.05, 3.63) is 0 Å².